The zero-order valence-electron chi connectivity index (χ0n) is 40.5. The van der Waals surface area contributed by atoms with E-state index in [9.17, 15) is 50.0 Å². The van der Waals surface area contributed by atoms with E-state index >= 15 is 0 Å². The van der Waals surface area contributed by atoms with Crippen LogP contribution in [0.5, 0.6) is 0 Å². The highest BCUT2D eigenvalue weighted by molar-refractivity contribution is 5.86. The molecule has 0 heterocycles. The molecule has 16 nitrogen and oxygen atoms in total. The summed E-state index contributed by atoms with van der Waals surface area (Å²) < 4.78 is 0. The van der Waals surface area contributed by atoms with Gasteiger partial charge in [-0.3, -0.25) is 50.0 Å². The molecule has 3 rings (SSSR count). The number of amides is 2. The van der Waals surface area contributed by atoms with Crippen molar-refractivity contribution in [3.05, 3.63) is 160 Å². The molecule has 0 aliphatic rings. The molecule has 0 aliphatic heterocycles. The van der Waals surface area contributed by atoms with E-state index in [-0.39, 0.29) is 65.6 Å². The van der Waals surface area contributed by atoms with Crippen LogP contribution in [0.1, 0.15) is 127 Å². The van der Waals surface area contributed by atoms with Crippen LogP contribution in [0.25, 0.3) is 0 Å². The van der Waals surface area contributed by atoms with Crippen molar-refractivity contribution in [3.63, 3.8) is 0 Å². The normalized spacial score (nSPS) is 12.1. The highest BCUT2D eigenvalue weighted by Gasteiger charge is 2.23. The molecule has 1 unspecified atom stereocenters. The van der Waals surface area contributed by atoms with E-state index in [4.69, 9.17) is 11.5 Å². The van der Waals surface area contributed by atoms with Gasteiger partial charge in [0.15, 0.2) is 0 Å². The second-order valence-electron chi connectivity index (χ2n) is 20.0. The Kier molecular flexibility index (Phi) is 23.2. The third kappa shape index (κ3) is 24.8. The van der Waals surface area contributed by atoms with Gasteiger partial charge in [0.1, 0.15) is 0 Å². The van der Waals surface area contributed by atoms with Crippen molar-refractivity contribution in [2.24, 2.45) is 28.2 Å². The fourth-order valence-electron chi connectivity index (χ4n) is 4.37. The van der Waals surface area contributed by atoms with Gasteiger partial charge in [0, 0.05) is 42.5 Å². The summed E-state index contributed by atoms with van der Waals surface area (Å²) in [6.45, 7) is 36.2. The summed E-state index contributed by atoms with van der Waals surface area (Å²) in [5.41, 5.74) is 13.1. The molecule has 4 N–H and O–H groups in total. The zero-order valence-corrected chi connectivity index (χ0v) is 40.5. The summed E-state index contributed by atoms with van der Waals surface area (Å²) in [7, 11) is 0. The molecule has 352 valence electrons. The number of nitro groups is 4. The first-order valence-electron chi connectivity index (χ1n) is 20.3. The predicted octanol–water partition coefficient (Wildman–Crippen LogP) is 11.9. The molecule has 0 bridgehead atoms. The standard InChI is InChI=1S/C10H12N2O4.2C10H13NO2.C9H17NO.C9H15NO/c1-10(2,3)7-4-8(11(13)14)6-9(5-7)12(15)16;1-10(2,3)8-4-6-9(7-5-8)11(12)13;1-10(2,3)8-5-4-6-9(7-8)11(12)13;2*1-7(9(2,3)4)5-6-8(10)11/h4-6H,1-3H3;2*4-7H,1-3H3;5-7H,1-4H3,(H2,10,11);5-6H,1H2,2-4H3,(H2,10,11)/b;;;2*6-5+. The molecule has 64 heavy (non-hydrogen) atoms. The van der Waals surface area contributed by atoms with Crippen molar-refractivity contribution in [1.29, 1.82) is 0 Å². The number of nitro benzene ring substituents is 4. The van der Waals surface area contributed by atoms with E-state index in [1.54, 1.807) is 42.5 Å². The maximum atomic E-state index is 10.6. The maximum Gasteiger partial charge on any atom is 0.276 e. The van der Waals surface area contributed by atoms with E-state index in [2.05, 4.69) is 55.0 Å². The quantitative estimate of drug-likeness (QED) is 0.0935. The molecule has 0 saturated heterocycles. The average molecular weight is 891 g/mol. The number of non-ortho nitro benzene ring substituents is 4. The van der Waals surface area contributed by atoms with Crippen molar-refractivity contribution < 1.29 is 29.3 Å². The van der Waals surface area contributed by atoms with Crippen LogP contribution < -0.4 is 11.5 Å². The Bertz CT molecular complexity index is 2110. The van der Waals surface area contributed by atoms with Gasteiger partial charge in [-0.1, -0.05) is 154 Å². The summed E-state index contributed by atoms with van der Waals surface area (Å²) in [5, 5.41) is 42.1. The molecule has 3 aromatic carbocycles. The Hall–Kier alpha value is -6.58. The van der Waals surface area contributed by atoms with Gasteiger partial charge in [-0.2, -0.15) is 0 Å². The van der Waals surface area contributed by atoms with Gasteiger partial charge in [-0.25, -0.2) is 0 Å². The Morgan fingerprint density at radius 2 is 0.891 bits per heavy atom. The van der Waals surface area contributed by atoms with Gasteiger partial charge in [0.05, 0.1) is 25.8 Å². The maximum absolute atomic E-state index is 10.6. The lowest BCUT2D eigenvalue weighted by atomic mass is 9.82. The Morgan fingerprint density at radius 3 is 1.20 bits per heavy atom. The number of benzene rings is 3. The van der Waals surface area contributed by atoms with Crippen LogP contribution in [0.15, 0.2) is 103 Å². The summed E-state index contributed by atoms with van der Waals surface area (Å²) in [5.74, 6) is -0.438. The lowest BCUT2D eigenvalue weighted by Crippen LogP contribution is -2.16. The first-order chi connectivity index (χ1) is 28.7. The smallest absolute Gasteiger partial charge is 0.276 e. The summed E-state index contributed by atoms with van der Waals surface area (Å²) in [6.07, 6.45) is 6.26. The zero-order chi connectivity index (χ0) is 50.8. The van der Waals surface area contributed by atoms with Crippen molar-refractivity contribution in [3.8, 4) is 0 Å². The van der Waals surface area contributed by atoms with E-state index in [0.29, 0.717) is 11.5 Å². The number of rotatable bonds is 8. The summed E-state index contributed by atoms with van der Waals surface area (Å²) >= 11 is 0. The Balaban J connectivity index is 0. The minimum atomic E-state index is -0.623. The third-order valence-electron chi connectivity index (χ3n) is 9.38. The topological polar surface area (TPSA) is 259 Å². The minimum Gasteiger partial charge on any atom is -0.366 e. The first kappa shape index (κ1) is 59.5. The van der Waals surface area contributed by atoms with E-state index in [1.165, 1.54) is 30.4 Å². The number of carbonyl (C=O) groups excluding carboxylic acids is 2. The molecule has 0 spiro atoms. The molecular weight excluding hydrogens is 821 g/mol. The average Bonchev–Trinajstić information content (AvgIpc) is 3.15. The molecule has 2 amide bonds. The predicted molar refractivity (Wildman–Crippen MR) is 256 cm³/mol. The van der Waals surface area contributed by atoms with Crippen molar-refractivity contribution in [2.75, 3.05) is 0 Å². The molecule has 0 aromatic heterocycles. The number of hydrogen-bond acceptors (Lipinski definition) is 10. The monoisotopic (exact) mass is 891 g/mol. The molecule has 3 aromatic rings. The Morgan fingerprint density at radius 1 is 0.516 bits per heavy atom. The van der Waals surface area contributed by atoms with Crippen molar-refractivity contribution in [1.82, 2.24) is 0 Å². The molecule has 0 aliphatic carbocycles. The summed E-state index contributed by atoms with van der Waals surface area (Å²) in [6, 6.07) is 17.2. The first-order valence-corrected chi connectivity index (χ1v) is 20.3. The van der Waals surface area contributed by atoms with Crippen LogP contribution in [0.2, 0.25) is 0 Å². The van der Waals surface area contributed by atoms with Crippen LogP contribution in [0.4, 0.5) is 22.7 Å². The van der Waals surface area contributed by atoms with Crippen molar-refractivity contribution >= 4 is 34.6 Å². The van der Waals surface area contributed by atoms with E-state index < -0.39 is 15.8 Å². The van der Waals surface area contributed by atoms with Crippen LogP contribution in [-0.4, -0.2) is 31.5 Å². The minimum absolute atomic E-state index is 0.00590. The highest BCUT2D eigenvalue weighted by Crippen LogP contribution is 2.31. The molecule has 0 fully saturated rings. The van der Waals surface area contributed by atoms with Crippen LogP contribution in [0.3, 0.4) is 0 Å². The van der Waals surface area contributed by atoms with E-state index in [1.807, 2.05) is 74.5 Å². The number of nitrogens with zero attached hydrogens (tertiary/aromatic N) is 4. The fourth-order valence-corrected chi connectivity index (χ4v) is 4.37. The third-order valence-corrected chi connectivity index (χ3v) is 9.38. The molecule has 0 radical (unpaired) electrons. The number of nitrogens with two attached hydrogens (primary N) is 2. The van der Waals surface area contributed by atoms with E-state index in [0.717, 1.165) is 22.8 Å². The van der Waals surface area contributed by atoms with Gasteiger partial charge in [-0.15, -0.1) is 0 Å². The molecule has 16 heteroatoms. The van der Waals surface area contributed by atoms with Crippen LogP contribution in [-0.2, 0) is 25.8 Å². The fraction of sp³-hybridized carbons (Fsp3) is 0.458. The lowest BCUT2D eigenvalue weighted by Gasteiger charge is -2.23. The molecular formula is C48H70N6O10. The Labute approximate surface area is 378 Å². The number of hydrogen-bond donors (Lipinski definition) is 2. The molecule has 1 atom stereocenters. The summed E-state index contributed by atoms with van der Waals surface area (Å²) in [4.78, 5) is 60.8. The highest BCUT2D eigenvalue weighted by atomic mass is 16.6. The van der Waals surface area contributed by atoms with Crippen LogP contribution >= 0.6 is 0 Å². The van der Waals surface area contributed by atoms with Gasteiger partial charge >= 0.3 is 0 Å². The molecule has 0 saturated carbocycles. The van der Waals surface area contributed by atoms with Gasteiger partial charge in [-0.05, 0) is 61.3 Å². The SMILES string of the molecule is C=C(/C=C/C(N)=O)C(C)(C)C.CC(/C=C/C(N)=O)C(C)(C)C.CC(C)(C)c1cc([N+](=O)[O-])cc([N+](=O)[O-])c1.CC(C)(C)c1ccc([N+](=O)[O-])cc1.CC(C)(C)c1cccc([N+](=O)[O-])c1. The van der Waals surface area contributed by atoms with Gasteiger partial charge in [0.25, 0.3) is 22.7 Å². The number of carbonyl (C=O) groups is 2. The number of allylic oxidation sites excluding steroid dienone is 3. The largest absolute Gasteiger partial charge is 0.366 e. The van der Waals surface area contributed by atoms with Gasteiger partial charge in [0.2, 0.25) is 11.8 Å². The number of primary amides is 2. The second kappa shape index (κ2) is 24.9. The van der Waals surface area contributed by atoms with Crippen molar-refractivity contribution in [2.45, 2.75) is 127 Å². The van der Waals surface area contributed by atoms with Gasteiger partial charge < -0.3 is 11.5 Å². The lowest BCUT2D eigenvalue weighted by molar-refractivity contribution is -0.394. The second-order valence-corrected chi connectivity index (χ2v) is 20.0. The van der Waals surface area contributed by atoms with Crippen LogP contribution in [0, 0.1) is 57.2 Å².